The third-order valence-corrected chi connectivity index (χ3v) is 6.28. The summed E-state index contributed by atoms with van der Waals surface area (Å²) in [5.41, 5.74) is 2.83. The molecule has 2 aliphatic heterocycles. The molecule has 2 fully saturated rings. The van der Waals surface area contributed by atoms with Crippen LogP contribution in [0.5, 0.6) is 0 Å². The van der Waals surface area contributed by atoms with Gasteiger partial charge in [0.2, 0.25) is 0 Å². The second kappa shape index (κ2) is 8.66. The highest BCUT2D eigenvalue weighted by Crippen LogP contribution is 2.41. The molecule has 1 aliphatic carbocycles. The zero-order chi connectivity index (χ0) is 17.8. The van der Waals surface area contributed by atoms with Gasteiger partial charge in [-0.1, -0.05) is 42.0 Å². The summed E-state index contributed by atoms with van der Waals surface area (Å²) < 4.78 is 11.2. The Morgan fingerprint density at radius 2 is 1.92 bits per heavy atom. The van der Waals surface area contributed by atoms with Gasteiger partial charge in [-0.25, -0.2) is 0 Å². The van der Waals surface area contributed by atoms with E-state index in [9.17, 15) is 5.11 Å². The van der Waals surface area contributed by atoms with Gasteiger partial charge < -0.3 is 14.6 Å². The van der Waals surface area contributed by atoms with Gasteiger partial charge in [0.25, 0.3) is 0 Å². The lowest BCUT2D eigenvalue weighted by Crippen LogP contribution is -2.49. The molecule has 0 radical (unpaired) electrons. The van der Waals surface area contributed by atoms with Gasteiger partial charge in [-0.3, -0.25) is 4.90 Å². The Kier molecular flexibility index (Phi) is 6.05. The molecule has 0 spiro atoms. The minimum Gasteiger partial charge on any atom is -0.394 e. The first-order valence-corrected chi connectivity index (χ1v) is 10.2. The highest BCUT2D eigenvalue weighted by atomic mass is 16.7. The molecule has 2 heterocycles. The van der Waals surface area contributed by atoms with Crippen molar-refractivity contribution in [3.8, 4) is 0 Å². The van der Waals surface area contributed by atoms with Crippen LogP contribution in [-0.2, 0) is 9.47 Å². The second-order valence-corrected chi connectivity index (χ2v) is 7.73. The van der Waals surface area contributed by atoms with Crippen molar-refractivity contribution in [3.05, 3.63) is 47.5 Å². The number of allylic oxidation sites excluding steroid dienone is 1. The molecule has 3 atom stereocenters. The van der Waals surface area contributed by atoms with E-state index < -0.39 is 0 Å². The Hall–Kier alpha value is -1.20. The molecule has 26 heavy (non-hydrogen) atoms. The largest absolute Gasteiger partial charge is 0.394 e. The Bertz CT molecular complexity index is 597. The molecule has 2 saturated heterocycles. The maximum Gasteiger partial charge on any atom is 0.158 e. The van der Waals surface area contributed by atoms with E-state index in [0.717, 1.165) is 39.0 Å². The lowest BCUT2D eigenvalue weighted by atomic mass is 9.75. The Balaban J connectivity index is 1.46. The maximum absolute atomic E-state index is 10.1. The predicted octanol–water partition coefficient (Wildman–Crippen LogP) is 3.67. The number of fused-ring (bicyclic) bond motifs is 1. The predicted molar refractivity (Wildman–Crippen MR) is 102 cm³/mol. The molecule has 0 saturated carbocycles. The van der Waals surface area contributed by atoms with Crippen molar-refractivity contribution in [2.45, 2.75) is 56.9 Å². The highest BCUT2D eigenvalue weighted by Gasteiger charge is 2.38. The Labute approximate surface area is 156 Å². The van der Waals surface area contributed by atoms with Crippen molar-refractivity contribution in [2.24, 2.45) is 5.92 Å². The molecule has 142 valence electrons. The molecule has 1 aromatic carbocycles. The number of aliphatic hydroxyl groups is 1. The minimum absolute atomic E-state index is 0.00882. The molecule has 0 aromatic heterocycles. The summed E-state index contributed by atoms with van der Waals surface area (Å²) in [6, 6.07) is 11.2. The van der Waals surface area contributed by atoms with Crippen LogP contribution >= 0.6 is 0 Å². The zero-order valence-electron chi connectivity index (χ0n) is 15.6. The van der Waals surface area contributed by atoms with E-state index in [2.05, 4.69) is 35.2 Å². The molecular formula is C22H31NO3. The van der Waals surface area contributed by atoms with Gasteiger partial charge in [0.05, 0.1) is 25.9 Å². The number of benzene rings is 1. The van der Waals surface area contributed by atoms with E-state index in [1.807, 2.05) is 6.07 Å². The molecule has 0 unspecified atom stereocenters. The number of hydrogen-bond donors (Lipinski definition) is 1. The first-order valence-electron chi connectivity index (χ1n) is 10.2. The summed E-state index contributed by atoms with van der Waals surface area (Å²) in [5.74, 6) is 0.622. The van der Waals surface area contributed by atoms with Gasteiger partial charge >= 0.3 is 0 Å². The van der Waals surface area contributed by atoms with E-state index in [-0.39, 0.29) is 18.9 Å². The highest BCUT2D eigenvalue weighted by molar-refractivity contribution is 5.22. The van der Waals surface area contributed by atoms with Crippen molar-refractivity contribution in [1.82, 2.24) is 4.90 Å². The average Bonchev–Trinajstić information content (AvgIpc) is 3.22. The minimum atomic E-state index is -0.00882. The third-order valence-electron chi connectivity index (χ3n) is 6.28. The standard InChI is InChI=1S/C22H31NO3/c24-16-21(18-6-2-1-3-7-18)23-13-5-9-19-17(8-4-10-20(19)23)11-12-22-25-14-15-26-22/h1-3,6-8,19-22,24H,4-5,9-16H2/t19-,20+,21-/m0/s1. The lowest BCUT2D eigenvalue weighted by molar-refractivity contribution is -0.0473. The third kappa shape index (κ3) is 3.89. The summed E-state index contributed by atoms with van der Waals surface area (Å²) in [6.07, 6.45) is 9.33. The van der Waals surface area contributed by atoms with Crippen molar-refractivity contribution >= 4 is 0 Å². The van der Waals surface area contributed by atoms with Gasteiger partial charge in [0.1, 0.15) is 0 Å². The molecule has 3 aliphatic rings. The molecule has 1 N–H and O–H groups in total. The monoisotopic (exact) mass is 357 g/mol. The van der Waals surface area contributed by atoms with Crippen LogP contribution in [0.4, 0.5) is 0 Å². The first kappa shape index (κ1) is 18.2. The second-order valence-electron chi connectivity index (χ2n) is 7.73. The summed E-state index contributed by atoms with van der Waals surface area (Å²) in [6.45, 7) is 2.75. The van der Waals surface area contributed by atoms with E-state index in [1.165, 1.54) is 24.8 Å². The van der Waals surface area contributed by atoms with E-state index >= 15 is 0 Å². The van der Waals surface area contributed by atoms with E-state index in [0.29, 0.717) is 12.0 Å². The van der Waals surface area contributed by atoms with Gasteiger partial charge in [-0.2, -0.15) is 0 Å². The van der Waals surface area contributed by atoms with Crippen LogP contribution in [0, 0.1) is 5.92 Å². The molecule has 4 nitrogen and oxygen atoms in total. The van der Waals surface area contributed by atoms with Crippen molar-refractivity contribution in [2.75, 3.05) is 26.4 Å². The number of likely N-dealkylation sites (tertiary alicyclic amines) is 1. The topological polar surface area (TPSA) is 41.9 Å². The molecule has 0 bridgehead atoms. The van der Waals surface area contributed by atoms with Gasteiger partial charge in [0.15, 0.2) is 6.29 Å². The smallest absolute Gasteiger partial charge is 0.158 e. The molecule has 4 rings (SSSR count). The summed E-state index contributed by atoms with van der Waals surface area (Å²) in [7, 11) is 0. The number of piperidine rings is 1. The fourth-order valence-corrected chi connectivity index (χ4v) is 5.08. The summed E-state index contributed by atoms with van der Waals surface area (Å²) >= 11 is 0. The SMILES string of the molecule is OC[C@@H](c1ccccc1)N1CCC[C@H]2C(CCC3OCCO3)=CCC[C@H]21. The van der Waals surface area contributed by atoms with Gasteiger partial charge in [-0.15, -0.1) is 0 Å². The normalized spacial score (nSPS) is 28.6. The summed E-state index contributed by atoms with van der Waals surface area (Å²) in [4.78, 5) is 2.58. The van der Waals surface area contributed by atoms with Crippen LogP contribution in [0.25, 0.3) is 0 Å². The lowest BCUT2D eigenvalue weighted by Gasteiger charge is -2.48. The van der Waals surface area contributed by atoms with E-state index in [4.69, 9.17) is 9.47 Å². The van der Waals surface area contributed by atoms with Crippen LogP contribution in [0.1, 0.15) is 50.1 Å². The maximum atomic E-state index is 10.1. The molecule has 0 amide bonds. The van der Waals surface area contributed by atoms with Gasteiger partial charge in [0, 0.05) is 12.5 Å². The molecular weight excluding hydrogens is 326 g/mol. The van der Waals surface area contributed by atoms with Crippen LogP contribution in [0.15, 0.2) is 42.0 Å². The van der Waals surface area contributed by atoms with Crippen molar-refractivity contribution < 1.29 is 14.6 Å². The number of rotatable bonds is 6. The number of nitrogens with zero attached hydrogens (tertiary/aromatic N) is 1. The van der Waals surface area contributed by atoms with Crippen molar-refractivity contribution in [3.63, 3.8) is 0 Å². The number of ether oxygens (including phenoxy) is 2. The quantitative estimate of drug-likeness (QED) is 0.789. The van der Waals surface area contributed by atoms with Gasteiger partial charge in [-0.05, 0) is 50.1 Å². The van der Waals surface area contributed by atoms with Crippen LogP contribution < -0.4 is 0 Å². The zero-order valence-corrected chi connectivity index (χ0v) is 15.6. The fraction of sp³-hybridized carbons (Fsp3) is 0.636. The number of hydrogen-bond acceptors (Lipinski definition) is 4. The number of aliphatic hydroxyl groups excluding tert-OH is 1. The van der Waals surface area contributed by atoms with E-state index in [1.54, 1.807) is 5.57 Å². The average molecular weight is 357 g/mol. The van der Waals surface area contributed by atoms with Crippen LogP contribution in [0.2, 0.25) is 0 Å². The molecule has 4 heteroatoms. The van der Waals surface area contributed by atoms with Crippen LogP contribution in [-0.4, -0.2) is 48.7 Å². The summed E-state index contributed by atoms with van der Waals surface area (Å²) in [5, 5.41) is 10.1. The fourth-order valence-electron chi connectivity index (χ4n) is 5.08. The van der Waals surface area contributed by atoms with Crippen molar-refractivity contribution in [1.29, 1.82) is 0 Å². The first-order chi connectivity index (χ1) is 12.9. The Morgan fingerprint density at radius 3 is 2.69 bits per heavy atom. The Morgan fingerprint density at radius 1 is 1.12 bits per heavy atom. The molecule has 1 aromatic rings. The van der Waals surface area contributed by atoms with Crippen LogP contribution in [0.3, 0.4) is 0 Å².